The molecule has 1 spiro atoms. The Balaban J connectivity index is 1.26. The molecule has 1 aliphatic heterocycles. The number of hydrogen-bond donors (Lipinski definition) is 0. The summed E-state index contributed by atoms with van der Waals surface area (Å²) in [6.07, 6.45) is 4.96. The molecular weight excluding hydrogens is 378 g/mol. The van der Waals surface area contributed by atoms with Crippen molar-refractivity contribution in [2.24, 2.45) is 5.41 Å². The Kier molecular flexibility index (Phi) is 4.19. The fourth-order valence-electron chi connectivity index (χ4n) is 4.12. The van der Waals surface area contributed by atoms with Crippen LogP contribution in [0.2, 0.25) is 5.02 Å². The predicted molar refractivity (Wildman–Crippen MR) is 105 cm³/mol. The monoisotopic (exact) mass is 397 g/mol. The highest BCUT2D eigenvalue weighted by atomic mass is 35.5. The van der Waals surface area contributed by atoms with Crippen LogP contribution in [-0.4, -0.2) is 40.3 Å². The van der Waals surface area contributed by atoms with E-state index in [4.69, 9.17) is 20.9 Å². The SMILES string of the molecule is COc1ccnc(N2CCC3(CC2)C[C@@H]3c2nc(-c3cccc(Cl)c3)no2)n1. The van der Waals surface area contributed by atoms with Crippen LogP contribution in [0.4, 0.5) is 5.95 Å². The van der Waals surface area contributed by atoms with E-state index in [0.29, 0.717) is 22.6 Å². The molecular formula is C20H20ClN5O2. The van der Waals surface area contributed by atoms with E-state index in [1.54, 1.807) is 19.4 Å². The highest BCUT2D eigenvalue weighted by molar-refractivity contribution is 6.30. The molecule has 1 aromatic carbocycles. The van der Waals surface area contributed by atoms with Gasteiger partial charge in [0, 0.05) is 41.9 Å². The number of halogens is 1. The van der Waals surface area contributed by atoms with Gasteiger partial charge in [-0.2, -0.15) is 9.97 Å². The van der Waals surface area contributed by atoms with Crippen LogP contribution >= 0.6 is 11.6 Å². The standard InChI is InChI=1S/C20H20ClN5O2/c1-27-16-5-8-22-19(23-16)26-9-6-20(7-10-26)12-15(20)18-24-17(25-28-18)13-3-2-4-14(21)11-13/h2-5,8,11,15H,6-7,9-10,12H2,1H3/t15-/m1/s1. The lowest BCUT2D eigenvalue weighted by molar-refractivity contribution is 0.325. The zero-order chi connectivity index (χ0) is 19.1. The van der Waals surface area contributed by atoms with Crippen LogP contribution < -0.4 is 9.64 Å². The molecule has 0 unspecified atom stereocenters. The summed E-state index contributed by atoms with van der Waals surface area (Å²) in [4.78, 5) is 15.7. The highest BCUT2D eigenvalue weighted by Gasteiger charge is 2.58. The van der Waals surface area contributed by atoms with E-state index in [1.165, 1.54) is 0 Å². The third kappa shape index (κ3) is 3.09. The van der Waals surface area contributed by atoms with Crippen LogP contribution in [0.3, 0.4) is 0 Å². The summed E-state index contributed by atoms with van der Waals surface area (Å²) in [5.41, 5.74) is 1.13. The molecule has 2 aromatic heterocycles. The lowest BCUT2D eigenvalue weighted by Gasteiger charge is -2.32. The van der Waals surface area contributed by atoms with E-state index in [-0.39, 0.29) is 5.41 Å². The Hall–Kier alpha value is -2.67. The van der Waals surface area contributed by atoms with Crippen LogP contribution in [0.15, 0.2) is 41.1 Å². The third-order valence-corrected chi connectivity index (χ3v) is 6.12. The second-order valence-electron chi connectivity index (χ2n) is 7.47. The summed E-state index contributed by atoms with van der Waals surface area (Å²) >= 11 is 6.07. The van der Waals surface area contributed by atoms with Gasteiger partial charge < -0.3 is 14.2 Å². The molecule has 7 nitrogen and oxygen atoms in total. The van der Waals surface area contributed by atoms with Crippen LogP contribution in [0.25, 0.3) is 11.4 Å². The second-order valence-corrected chi connectivity index (χ2v) is 7.91. The van der Waals surface area contributed by atoms with Crippen molar-refractivity contribution in [3.8, 4) is 17.3 Å². The van der Waals surface area contributed by atoms with Gasteiger partial charge in [-0.3, -0.25) is 0 Å². The van der Waals surface area contributed by atoms with Crippen LogP contribution in [0, 0.1) is 5.41 Å². The van der Waals surface area contributed by atoms with Gasteiger partial charge in [-0.25, -0.2) is 4.98 Å². The van der Waals surface area contributed by atoms with Crippen LogP contribution in [0.5, 0.6) is 5.88 Å². The molecule has 5 rings (SSSR count). The van der Waals surface area contributed by atoms with Crippen molar-refractivity contribution in [2.45, 2.75) is 25.2 Å². The molecule has 1 saturated carbocycles. The van der Waals surface area contributed by atoms with Crippen molar-refractivity contribution in [1.82, 2.24) is 20.1 Å². The molecule has 2 fully saturated rings. The summed E-state index contributed by atoms with van der Waals surface area (Å²) in [5.74, 6) is 2.99. The number of piperidine rings is 1. The summed E-state index contributed by atoms with van der Waals surface area (Å²) in [7, 11) is 1.62. The molecule has 1 atom stereocenters. The Morgan fingerprint density at radius 3 is 2.86 bits per heavy atom. The van der Waals surface area contributed by atoms with Crippen LogP contribution in [-0.2, 0) is 0 Å². The zero-order valence-electron chi connectivity index (χ0n) is 15.5. The second kappa shape index (κ2) is 6.74. The van der Waals surface area contributed by atoms with E-state index in [9.17, 15) is 0 Å². The average molecular weight is 398 g/mol. The van der Waals surface area contributed by atoms with Crippen molar-refractivity contribution in [1.29, 1.82) is 0 Å². The van der Waals surface area contributed by atoms with E-state index < -0.39 is 0 Å². The summed E-state index contributed by atoms with van der Waals surface area (Å²) in [6.45, 7) is 1.83. The Labute approximate surface area is 167 Å². The van der Waals surface area contributed by atoms with E-state index in [2.05, 4.69) is 25.0 Å². The molecule has 0 amide bonds. The number of benzene rings is 1. The molecule has 3 aromatic rings. The summed E-state index contributed by atoms with van der Waals surface area (Å²) in [6, 6.07) is 9.28. The minimum absolute atomic E-state index is 0.257. The molecule has 0 N–H and O–H groups in total. The minimum Gasteiger partial charge on any atom is -0.481 e. The van der Waals surface area contributed by atoms with Gasteiger partial charge >= 0.3 is 0 Å². The first kappa shape index (κ1) is 17.4. The predicted octanol–water partition coefficient (Wildman–Crippen LogP) is 3.96. The van der Waals surface area contributed by atoms with Crippen molar-refractivity contribution in [3.63, 3.8) is 0 Å². The fourth-order valence-corrected chi connectivity index (χ4v) is 4.31. The number of nitrogens with zero attached hydrogens (tertiary/aromatic N) is 5. The first-order valence-electron chi connectivity index (χ1n) is 9.38. The lowest BCUT2D eigenvalue weighted by atomic mass is 9.91. The van der Waals surface area contributed by atoms with Gasteiger partial charge in [0.25, 0.3) is 0 Å². The first-order chi connectivity index (χ1) is 13.7. The maximum atomic E-state index is 6.07. The zero-order valence-corrected chi connectivity index (χ0v) is 16.3. The Morgan fingerprint density at radius 1 is 1.21 bits per heavy atom. The van der Waals surface area contributed by atoms with E-state index >= 15 is 0 Å². The number of ether oxygens (including phenoxy) is 1. The van der Waals surface area contributed by atoms with Crippen molar-refractivity contribution in [3.05, 3.63) is 47.4 Å². The molecule has 3 heterocycles. The summed E-state index contributed by atoms with van der Waals surface area (Å²) < 4.78 is 10.8. The van der Waals surface area contributed by atoms with Crippen LogP contribution in [0.1, 0.15) is 31.1 Å². The highest BCUT2D eigenvalue weighted by Crippen LogP contribution is 2.64. The van der Waals surface area contributed by atoms with Gasteiger partial charge in [0.05, 0.1) is 7.11 Å². The third-order valence-electron chi connectivity index (χ3n) is 5.88. The smallest absolute Gasteiger partial charge is 0.230 e. The number of aromatic nitrogens is 4. The maximum Gasteiger partial charge on any atom is 0.230 e. The Morgan fingerprint density at radius 2 is 2.07 bits per heavy atom. The maximum absolute atomic E-state index is 6.07. The van der Waals surface area contributed by atoms with Crippen molar-refractivity contribution >= 4 is 17.5 Å². The fraction of sp³-hybridized carbons (Fsp3) is 0.400. The number of anilines is 1. The molecule has 144 valence electrons. The van der Waals surface area contributed by atoms with Gasteiger partial charge in [-0.1, -0.05) is 28.9 Å². The molecule has 1 saturated heterocycles. The Bertz CT molecular complexity index is 1000. The van der Waals surface area contributed by atoms with Gasteiger partial charge in [0.15, 0.2) is 0 Å². The van der Waals surface area contributed by atoms with Gasteiger partial charge in [0.1, 0.15) is 0 Å². The molecule has 28 heavy (non-hydrogen) atoms. The first-order valence-corrected chi connectivity index (χ1v) is 9.76. The topological polar surface area (TPSA) is 77.2 Å². The number of rotatable bonds is 4. The number of hydrogen-bond acceptors (Lipinski definition) is 7. The molecule has 1 aliphatic carbocycles. The molecule has 0 radical (unpaired) electrons. The number of methoxy groups -OCH3 is 1. The van der Waals surface area contributed by atoms with Gasteiger partial charge in [0.2, 0.25) is 23.5 Å². The minimum atomic E-state index is 0.257. The largest absolute Gasteiger partial charge is 0.481 e. The molecule has 8 heteroatoms. The van der Waals surface area contributed by atoms with Crippen molar-refractivity contribution in [2.75, 3.05) is 25.1 Å². The molecule has 2 aliphatic rings. The lowest BCUT2D eigenvalue weighted by Crippen LogP contribution is -2.36. The average Bonchev–Trinajstić information content (AvgIpc) is 3.20. The normalized spacial score (nSPS) is 20.4. The van der Waals surface area contributed by atoms with Gasteiger partial charge in [-0.15, -0.1) is 0 Å². The van der Waals surface area contributed by atoms with Gasteiger partial charge in [-0.05, 0) is 36.8 Å². The van der Waals surface area contributed by atoms with E-state index in [0.717, 1.165) is 49.8 Å². The molecule has 0 bridgehead atoms. The summed E-state index contributed by atoms with van der Waals surface area (Å²) in [5, 5.41) is 4.82. The van der Waals surface area contributed by atoms with E-state index in [1.807, 2.05) is 24.3 Å². The van der Waals surface area contributed by atoms with Crippen molar-refractivity contribution < 1.29 is 9.26 Å². The quantitative estimate of drug-likeness (QED) is 0.659.